The maximum atomic E-state index is 12.9. The van der Waals surface area contributed by atoms with E-state index in [0.717, 1.165) is 0 Å². The number of benzene rings is 1. The van der Waals surface area contributed by atoms with Crippen molar-refractivity contribution in [3.63, 3.8) is 0 Å². The van der Waals surface area contributed by atoms with Gasteiger partial charge in [-0.15, -0.1) is 0 Å². The normalized spacial score (nSPS) is 32.1. The summed E-state index contributed by atoms with van der Waals surface area (Å²) in [6.45, 7) is 0.936. The van der Waals surface area contributed by atoms with Gasteiger partial charge in [0.25, 0.3) is 0 Å². The minimum atomic E-state index is -1.18. The maximum Gasteiger partial charge on any atom is 0.428 e. The number of quaternary nitrogens is 1. The summed E-state index contributed by atoms with van der Waals surface area (Å²) in [5.74, 6) is -2.22. The van der Waals surface area contributed by atoms with Gasteiger partial charge in [0.1, 0.15) is 24.7 Å². The summed E-state index contributed by atoms with van der Waals surface area (Å²) in [4.78, 5) is 49.7. The Morgan fingerprint density at radius 1 is 1.13 bits per heavy atom. The lowest BCUT2D eigenvalue weighted by atomic mass is 10.0. The van der Waals surface area contributed by atoms with Crippen molar-refractivity contribution in [1.29, 1.82) is 5.41 Å². The fraction of sp³-hybridized carbons (Fsp3) is 0.350. The molecule has 1 aromatic rings. The fourth-order valence-electron chi connectivity index (χ4n) is 3.73. The molecule has 3 aliphatic rings. The molecule has 3 heterocycles. The Morgan fingerprint density at radius 2 is 1.74 bits per heavy atom. The molecule has 2 N–H and O–H groups in total. The molecule has 1 saturated heterocycles. The standard InChI is InChI=1S/C20H19N3O8/c1-10(24)28-9-13-15-16(17(29-13)23(2)8-7-14(21)22-20(23)27)31-19(26)12-6-4-3-5-11(12)18(25)30-15/h3-8,13,15-17H,9H2,1-2H3,(H-,21,22,27)/p+1/t13-,15-,16-,17-,23?/m1/s1. The average Bonchev–Trinajstić information content (AvgIpc) is 3.06. The fourth-order valence-corrected chi connectivity index (χ4v) is 3.73. The summed E-state index contributed by atoms with van der Waals surface area (Å²) in [6, 6.07) is 5.44. The maximum absolute atomic E-state index is 12.9. The van der Waals surface area contributed by atoms with Crippen LogP contribution in [0.5, 0.6) is 0 Å². The lowest BCUT2D eigenvalue weighted by Gasteiger charge is -2.36. The number of amides is 2. The minimum absolute atomic E-state index is 0.0243. The van der Waals surface area contributed by atoms with E-state index in [1.54, 1.807) is 12.1 Å². The van der Waals surface area contributed by atoms with Crippen LogP contribution in [0, 0.1) is 5.41 Å². The number of carbonyl (C=O) groups is 4. The lowest BCUT2D eigenvalue weighted by Crippen LogP contribution is -2.63. The number of nitrogens with one attached hydrogen (secondary N) is 2. The van der Waals surface area contributed by atoms with E-state index in [2.05, 4.69) is 5.32 Å². The van der Waals surface area contributed by atoms with Gasteiger partial charge in [-0.05, 0) is 12.1 Å². The average molecular weight is 430 g/mol. The first kappa shape index (κ1) is 20.7. The Bertz CT molecular complexity index is 1020. The first-order valence-corrected chi connectivity index (χ1v) is 9.46. The number of hydrogen-bond acceptors (Lipinski definition) is 9. The Hall–Kier alpha value is -3.57. The molecule has 1 aromatic carbocycles. The van der Waals surface area contributed by atoms with Crippen molar-refractivity contribution in [2.24, 2.45) is 0 Å². The molecule has 0 aliphatic carbocycles. The van der Waals surface area contributed by atoms with Crippen LogP contribution in [0.15, 0.2) is 36.5 Å². The van der Waals surface area contributed by atoms with Crippen molar-refractivity contribution in [2.45, 2.75) is 31.5 Å². The molecule has 0 aromatic heterocycles. The predicted molar refractivity (Wildman–Crippen MR) is 102 cm³/mol. The first-order valence-electron chi connectivity index (χ1n) is 9.46. The van der Waals surface area contributed by atoms with Crippen molar-refractivity contribution < 1.29 is 42.6 Å². The van der Waals surface area contributed by atoms with Crippen molar-refractivity contribution in [2.75, 3.05) is 13.7 Å². The topological polar surface area (TPSA) is 141 Å². The third-order valence-corrected chi connectivity index (χ3v) is 5.35. The Kier molecular flexibility index (Phi) is 5.07. The second-order valence-electron chi connectivity index (χ2n) is 7.46. The van der Waals surface area contributed by atoms with Crippen LogP contribution in [-0.2, 0) is 23.7 Å². The molecule has 5 atom stereocenters. The van der Waals surface area contributed by atoms with Crippen molar-refractivity contribution >= 4 is 29.8 Å². The largest absolute Gasteiger partial charge is 0.463 e. The molecule has 0 bridgehead atoms. The summed E-state index contributed by atoms with van der Waals surface area (Å²) < 4.78 is 21.8. The number of carbonyl (C=O) groups excluding carboxylic acids is 4. The SMILES string of the molecule is CC(=O)OC[C@H]1O[C@@H]([N+]2(C)C=CC(=N)NC2=O)[C@@H]2OC(=O)c3ccccc3C(=O)O[C@@H]21. The summed E-state index contributed by atoms with van der Waals surface area (Å²) in [5, 5.41) is 10.0. The van der Waals surface area contributed by atoms with Gasteiger partial charge in [-0.3, -0.25) is 15.5 Å². The quantitative estimate of drug-likeness (QED) is 0.406. The monoisotopic (exact) mass is 430 g/mol. The number of hydrogen-bond donors (Lipinski definition) is 2. The number of rotatable bonds is 3. The summed E-state index contributed by atoms with van der Waals surface area (Å²) >= 11 is 0. The zero-order chi connectivity index (χ0) is 22.3. The Morgan fingerprint density at radius 3 is 2.32 bits per heavy atom. The van der Waals surface area contributed by atoms with Crippen LogP contribution < -0.4 is 5.32 Å². The highest BCUT2D eigenvalue weighted by Crippen LogP contribution is 2.36. The van der Waals surface area contributed by atoms with Crippen LogP contribution in [0.2, 0.25) is 0 Å². The molecule has 162 valence electrons. The molecule has 11 nitrogen and oxygen atoms in total. The Balaban J connectivity index is 1.75. The number of urea groups is 1. The van der Waals surface area contributed by atoms with E-state index in [1.165, 1.54) is 38.4 Å². The van der Waals surface area contributed by atoms with Gasteiger partial charge >= 0.3 is 23.9 Å². The van der Waals surface area contributed by atoms with Gasteiger partial charge in [-0.1, -0.05) is 12.1 Å². The van der Waals surface area contributed by atoms with E-state index in [9.17, 15) is 19.2 Å². The summed E-state index contributed by atoms with van der Waals surface area (Å²) in [7, 11) is 1.50. The van der Waals surface area contributed by atoms with E-state index in [4.69, 9.17) is 24.4 Å². The molecule has 11 heteroatoms. The molecule has 2 amide bonds. The number of fused-ring (bicyclic) bond motifs is 2. The molecular formula is C20H20N3O8+. The second kappa shape index (κ2) is 7.60. The zero-order valence-electron chi connectivity index (χ0n) is 16.7. The molecule has 31 heavy (non-hydrogen) atoms. The summed E-state index contributed by atoms with van der Waals surface area (Å²) in [6.07, 6.45) is -1.65. The van der Waals surface area contributed by atoms with Crippen molar-refractivity contribution in [3.8, 4) is 0 Å². The number of ether oxygens (including phenoxy) is 4. The van der Waals surface area contributed by atoms with Crippen LogP contribution in [0.1, 0.15) is 27.6 Å². The minimum Gasteiger partial charge on any atom is -0.463 e. The number of likely N-dealkylation sites (N-methyl/N-ethyl adjacent to an activating group) is 1. The van der Waals surface area contributed by atoms with Crippen molar-refractivity contribution in [1.82, 2.24) is 5.32 Å². The van der Waals surface area contributed by atoms with Gasteiger partial charge in [-0.2, -0.15) is 4.48 Å². The van der Waals surface area contributed by atoms with Crippen LogP contribution in [0.4, 0.5) is 4.79 Å². The first-order chi connectivity index (χ1) is 14.7. The third kappa shape index (κ3) is 3.57. The van der Waals surface area contributed by atoms with Crippen molar-refractivity contribution in [3.05, 3.63) is 47.7 Å². The number of amidine groups is 1. The molecule has 4 rings (SSSR count). The van der Waals surface area contributed by atoms with Crippen LogP contribution >= 0.6 is 0 Å². The molecule has 0 spiro atoms. The molecule has 1 fully saturated rings. The molecule has 0 radical (unpaired) electrons. The highest BCUT2D eigenvalue weighted by molar-refractivity contribution is 6.04. The van der Waals surface area contributed by atoms with Gasteiger partial charge in [0, 0.05) is 13.0 Å². The van der Waals surface area contributed by atoms with Crippen LogP contribution in [0.25, 0.3) is 0 Å². The third-order valence-electron chi connectivity index (χ3n) is 5.35. The zero-order valence-corrected chi connectivity index (χ0v) is 16.7. The van der Waals surface area contributed by atoms with E-state index in [1.807, 2.05) is 0 Å². The van der Waals surface area contributed by atoms with Crippen LogP contribution in [-0.4, -0.2) is 72.5 Å². The van der Waals surface area contributed by atoms with E-state index in [-0.39, 0.29) is 23.6 Å². The summed E-state index contributed by atoms with van der Waals surface area (Å²) in [5.41, 5.74) is 0.0568. The number of nitrogens with zero attached hydrogens (tertiary/aromatic N) is 1. The highest BCUT2D eigenvalue weighted by atomic mass is 16.7. The van der Waals surface area contributed by atoms with Gasteiger partial charge < -0.3 is 18.9 Å². The lowest BCUT2D eigenvalue weighted by molar-refractivity contribution is -0.836. The molecule has 3 aliphatic heterocycles. The van der Waals surface area contributed by atoms with E-state index in [0.29, 0.717) is 0 Å². The van der Waals surface area contributed by atoms with Gasteiger partial charge in [-0.25, -0.2) is 14.4 Å². The van der Waals surface area contributed by atoms with E-state index < -0.39 is 53.0 Å². The van der Waals surface area contributed by atoms with Gasteiger partial charge in [0.2, 0.25) is 12.3 Å². The Labute approximate surface area is 176 Å². The highest BCUT2D eigenvalue weighted by Gasteiger charge is 2.61. The van der Waals surface area contributed by atoms with E-state index >= 15 is 0 Å². The van der Waals surface area contributed by atoms with Gasteiger partial charge in [0.05, 0.1) is 18.2 Å². The smallest absolute Gasteiger partial charge is 0.428 e. The number of esters is 3. The molecular weight excluding hydrogens is 410 g/mol. The van der Waals surface area contributed by atoms with Crippen LogP contribution in [0.3, 0.4) is 0 Å². The van der Waals surface area contributed by atoms with Gasteiger partial charge in [0.15, 0.2) is 6.10 Å². The molecule has 1 unspecified atom stereocenters. The predicted octanol–water partition coefficient (Wildman–Crippen LogP) is 0.700. The second-order valence-corrected chi connectivity index (χ2v) is 7.46. The molecule has 0 saturated carbocycles.